The summed E-state index contributed by atoms with van der Waals surface area (Å²) in [6.45, 7) is 2.43. The van der Waals surface area contributed by atoms with E-state index in [0.717, 1.165) is 12.8 Å². The Labute approximate surface area is 225 Å². The third kappa shape index (κ3) is 6.19. The molecule has 11 heteroatoms. The quantitative estimate of drug-likeness (QED) is 0.504. The van der Waals surface area contributed by atoms with Crippen LogP contribution in [-0.4, -0.2) is 82.4 Å². The first-order chi connectivity index (χ1) is 18.6. The van der Waals surface area contributed by atoms with Crippen LogP contribution in [0.1, 0.15) is 55.3 Å². The number of halogens is 4. The highest BCUT2D eigenvalue weighted by atomic mass is 19.4. The van der Waals surface area contributed by atoms with Crippen LogP contribution in [0.25, 0.3) is 11.3 Å². The Morgan fingerprint density at radius 1 is 1.08 bits per heavy atom. The highest BCUT2D eigenvalue weighted by Gasteiger charge is 2.58. The highest BCUT2D eigenvalue weighted by molar-refractivity contribution is 5.95. The van der Waals surface area contributed by atoms with Gasteiger partial charge in [0.25, 0.3) is 5.91 Å². The molecular weight excluding hydrogens is 516 g/mol. The van der Waals surface area contributed by atoms with Crippen LogP contribution >= 0.6 is 0 Å². The normalized spacial score (nSPS) is 22.4. The van der Waals surface area contributed by atoms with Crippen molar-refractivity contribution in [1.82, 2.24) is 19.8 Å². The summed E-state index contributed by atoms with van der Waals surface area (Å²) >= 11 is 0. The molecule has 1 aromatic heterocycles. The van der Waals surface area contributed by atoms with Crippen LogP contribution in [0, 0.1) is 17.2 Å². The first-order valence-electron chi connectivity index (χ1n) is 13.6. The van der Waals surface area contributed by atoms with Gasteiger partial charge in [-0.15, -0.1) is 0 Å². The zero-order valence-electron chi connectivity index (χ0n) is 21.8. The average molecular weight is 551 g/mol. The maximum Gasteiger partial charge on any atom is 0.395 e. The monoisotopic (exact) mass is 550 g/mol. The lowest BCUT2D eigenvalue weighted by atomic mass is 9.67. The van der Waals surface area contributed by atoms with Crippen LogP contribution in [0.15, 0.2) is 30.6 Å². The number of aliphatic hydroxyl groups is 1. The van der Waals surface area contributed by atoms with Gasteiger partial charge in [-0.1, -0.05) is 12.5 Å². The molecule has 0 bridgehead atoms. The minimum atomic E-state index is -4.14. The molecule has 1 aliphatic carbocycles. The Kier molecular flexibility index (Phi) is 8.09. The predicted molar refractivity (Wildman–Crippen MR) is 136 cm³/mol. The molecular formula is C28H34F4N4O3. The summed E-state index contributed by atoms with van der Waals surface area (Å²) in [6, 6.07) is 4.29. The number of alkyl halides is 3. The van der Waals surface area contributed by atoms with E-state index in [1.54, 1.807) is 6.07 Å². The molecule has 3 aliphatic rings. The molecule has 0 unspecified atom stereocenters. The van der Waals surface area contributed by atoms with Crippen LogP contribution in [0.3, 0.4) is 0 Å². The van der Waals surface area contributed by atoms with Crippen molar-refractivity contribution in [3.63, 3.8) is 0 Å². The molecule has 39 heavy (non-hydrogen) atoms. The fraction of sp³-hybridized carbons (Fsp3) is 0.607. The number of benzene rings is 1. The van der Waals surface area contributed by atoms with Gasteiger partial charge in [0.2, 0.25) is 5.88 Å². The average Bonchev–Trinajstić information content (AvgIpc) is 2.89. The first kappa shape index (κ1) is 27.8. The second-order valence-electron chi connectivity index (χ2n) is 11.1. The van der Waals surface area contributed by atoms with Gasteiger partial charge in [-0.2, -0.15) is 13.2 Å². The van der Waals surface area contributed by atoms with Crippen molar-refractivity contribution in [2.24, 2.45) is 11.3 Å². The van der Waals surface area contributed by atoms with Gasteiger partial charge in [-0.05, 0) is 69.7 Å². The second kappa shape index (κ2) is 11.4. The van der Waals surface area contributed by atoms with Gasteiger partial charge in [0.05, 0.1) is 41.8 Å². The second-order valence-corrected chi connectivity index (χ2v) is 11.1. The highest BCUT2D eigenvalue weighted by Crippen LogP contribution is 2.53. The zero-order valence-corrected chi connectivity index (χ0v) is 21.8. The van der Waals surface area contributed by atoms with E-state index in [1.807, 2.05) is 4.90 Å². The Hall–Kier alpha value is -2.79. The number of rotatable bonds is 7. The summed E-state index contributed by atoms with van der Waals surface area (Å²) in [7, 11) is 0. The first-order valence-corrected chi connectivity index (χ1v) is 13.6. The Morgan fingerprint density at radius 3 is 2.44 bits per heavy atom. The summed E-state index contributed by atoms with van der Waals surface area (Å²) in [4.78, 5) is 24.7. The predicted octanol–water partition coefficient (Wildman–Crippen LogP) is 4.70. The molecule has 2 saturated heterocycles. The lowest BCUT2D eigenvalue weighted by molar-refractivity contribution is -0.256. The number of likely N-dealkylation sites (tertiary alicyclic amines) is 2. The zero-order chi connectivity index (χ0) is 27.6. The van der Waals surface area contributed by atoms with Gasteiger partial charge in [-0.25, -0.2) is 14.4 Å². The maximum absolute atomic E-state index is 14.8. The molecule has 2 aromatic rings. The largest absolute Gasteiger partial charge is 0.476 e. The molecule has 1 saturated carbocycles. The minimum absolute atomic E-state index is 0.0481. The van der Waals surface area contributed by atoms with Crippen LogP contribution in [0.5, 0.6) is 5.88 Å². The van der Waals surface area contributed by atoms with E-state index < -0.39 is 29.4 Å². The molecule has 0 spiro atoms. The lowest BCUT2D eigenvalue weighted by Crippen LogP contribution is -2.53. The molecule has 212 valence electrons. The van der Waals surface area contributed by atoms with E-state index in [4.69, 9.17) is 4.74 Å². The number of carbonyl (C=O) groups is 1. The van der Waals surface area contributed by atoms with Crippen molar-refractivity contribution >= 4 is 5.91 Å². The lowest BCUT2D eigenvalue weighted by Gasteiger charge is -2.47. The topological polar surface area (TPSA) is 78.8 Å². The number of piperidine rings is 2. The van der Waals surface area contributed by atoms with Crippen molar-refractivity contribution in [3.8, 4) is 17.1 Å². The number of carbonyl (C=O) groups excluding carboxylic acids is 1. The summed E-state index contributed by atoms with van der Waals surface area (Å²) in [5, 5.41) is 9.81. The van der Waals surface area contributed by atoms with Crippen LogP contribution in [-0.2, 0) is 0 Å². The van der Waals surface area contributed by atoms with Gasteiger partial charge in [0.1, 0.15) is 5.82 Å². The van der Waals surface area contributed by atoms with Gasteiger partial charge >= 0.3 is 6.18 Å². The van der Waals surface area contributed by atoms with E-state index in [1.165, 1.54) is 29.4 Å². The number of hydrogen-bond donors (Lipinski definition) is 1. The van der Waals surface area contributed by atoms with Gasteiger partial charge in [0.15, 0.2) is 0 Å². The molecule has 2 aliphatic heterocycles. The van der Waals surface area contributed by atoms with Crippen molar-refractivity contribution < 1.29 is 32.2 Å². The molecule has 1 amide bonds. The molecule has 0 radical (unpaired) electrons. The smallest absolute Gasteiger partial charge is 0.395 e. The Morgan fingerprint density at radius 2 is 1.85 bits per heavy atom. The van der Waals surface area contributed by atoms with Crippen molar-refractivity contribution in [2.75, 3.05) is 39.3 Å². The molecule has 5 rings (SSSR count). The number of ether oxygens (including phenoxy) is 1. The number of nitrogens with zero attached hydrogens (tertiary/aromatic N) is 4. The third-order valence-corrected chi connectivity index (χ3v) is 8.42. The van der Waals surface area contributed by atoms with Gasteiger partial charge in [-0.3, -0.25) is 4.79 Å². The van der Waals surface area contributed by atoms with E-state index >= 15 is 0 Å². The third-order valence-electron chi connectivity index (χ3n) is 8.42. The summed E-state index contributed by atoms with van der Waals surface area (Å²) in [5.41, 5.74) is -0.676. The molecule has 3 heterocycles. The number of hydrogen-bond acceptors (Lipinski definition) is 6. The maximum atomic E-state index is 14.8. The summed E-state index contributed by atoms with van der Waals surface area (Å²) < 4.78 is 61.0. The number of aliphatic hydroxyl groups excluding tert-OH is 1. The summed E-state index contributed by atoms with van der Waals surface area (Å²) in [6.07, 6.45) is 2.15. The Balaban J connectivity index is 1.11. The molecule has 1 N–H and O–H groups in total. The fourth-order valence-electron chi connectivity index (χ4n) is 5.77. The van der Waals surface area contributed by atoms with Gasteiger partial charge in [0, 0.05) is 25.2 Å². The summed E-state index contributed by atoms with van der Waals surface area (Å²) in [5.74, 6) is -0.556. The fourth-order valence-corrected chi connectivity index (χ4v) is 5.77. The number of aromatic nitrogens is 2. The van der Waals surface area contributed by atoms with E-state index in [9.17, 15) is 27.5 Å². The number of β-amino-alcohol motifs (C(OH)–C–C–N with tert-alkyl or cyclic N) is 1. The Bertz CT molecular complexity index is 1150. The molecule has 3 fully saturated rings. The SMILES string of the molecule is O=C(c1ccc(-c2cnc(OCC3CCN(CC4(C(F)(F)F)CCC4)CC3)cn2)cc1F)N1CCC[C@@H](O)C1. The standard InChI is InChI=1S/C28H34F4N4O3/c29-23-13-20(4-5-22(23)26(38)36-10-1-3-21(37)16-36)24-14-34-25(15-33-24)39-17-19-6-11-35(12-7-19)18-27(8-2-9-27)28(30,31)32/h4-5,13-15,19,21,37H,1-3,6-12,16-18H2/t21-/m1/s1. The minimum Gasteiger partial charge on any atom is -0.476 e. The van der Waals surface area contributed by atoms with Crippen molar-refractivity contribution in [1.29, 1.82) is 0 Å². The van der Waals surface area contributed by atoms with Crippen LogP contribution in [0.2, 0.25) is 0 Å². The van der Waals surface area contributed by atoms with Gasteiger partial charge < -0.3 is 19.6 Å². The van der Waals surface area contributed by atoms with E-state index in [-0.39, 0.29) is 37.4 Å². The van der Waals surface area contributed by atoms with Crippen molar-refractivity contribution in [2.45, 2.75) is 57.2 Å². The molecule has 1 aromatic carbocycles. The van der Waals surface area contributed by atoms with Crippen LogP contribution in [0.4, 0.5) is 17.6 Å². The molecule has 7 nitrogen and oxygen atoms in total. The molecule has 1 atom stereocenters. The van der Waals surface area contributed by atoms with Crippen molar-refractivity contribution in [3.05, 3.63) is 42.0 Å². The van der Waals surface area contributed by atoms with E-state index in [0.29, 0.717) is 62.6 Å². The number of amides is 1. The van der Waals surface area contributed by atoms with E-state index in [2.05, 4.69) is 9.97 Å². The van der Waals surface area contributed by atoms with Crippen LogP contribution < -0.4 is 4.74 Å².